The van der Waals surface area contributed by atoms with Crippen molar-refractivity contribution in [2.75, 3.05) is 6.61 Å². The molecule has 6 heteroatoms. The average molecular weight is 249 g/mol. The Balaban J connectivity index is 1.90. The number of ether oxygens (including phenoxy) is 1. The second-order valence-corrected chi connectivity index (χ2v) is 4.74. The van der Waals surface area contributed by atoms with Crippen molar-refractivity contribution in [2.24, 2.45) is 11.1 Å². The molecule has 0 bridgehead atoms. The second kappa shape index (κ2) is 4.64. The second-order valence-electron chi connectivity index (χ2n) is 4.74. The molecule has 0 heterocycles. The fourth-order valence-electron chi connectivity index (χ4n) is 1.85. The lowest BCUT2D eigenvalue weighted by atomic mass is 10.0. The number of nitrogens with zero attached hydrogens (tertiary/aromatic N) is 1. The fourth-order valence-corrected chi connectivity index (χ4v) is 1.85. The summed E-state index contributed by atoms with van der Waals surface area (Å²) in [6.45, 7) is 0.504. The first-order valence-electron chi connectivity index (χ1n) is 5.71. The van der Waals surface area contributed by atoms with E-state index in [0.29, 0.717) is 18.8 Å². The molecule has 1 aliphatic rings. The number of nitrogens with one attached hydrogen (secondary N) is 1. The van der Waals surface area contributed by atoms with Crippen LogP contribution in [0.1, 0.15) is 19.3 Å². The number of rotatable bonds is 6. The Morgan fingerprint density at radius 3 is 2.50 bits per heavy atom. The number of hydrogen-bond donors (Lipinski definition) is 2. The summed E-state index contributed by atoms with van der Waals surface area (Å²) in [4.78, 5) is 10.0. The molecule has 0 spiro atoms. The number of hydrogen-bond acceptors (Lipinski definition) is 4. The molecule has 0 radical (unpaired) electrons. The normalized spacial score (nSPS) is 16.0. The van der Waals surface area contributed by atoms with Gasteiger partial charge in [0.25, 0.3) is 5.69 Å². The van der Waals surface area contributed by atoms with Crippen LogP contribution in [0.5, 0.6) is 5.75 Å². The Morgan fingerprint density at radius 1 is 1.44 bits per heavy atom. The van der Waals surface area contributed by atoms with Crippen LogP contribution in [-0.4, -0.2) is 17.4 Å². The molecular formula is C12H15N3O3. The van der Waals surface area contributed by atoms with Crippen LogP contribution in [0.25, 0.3) is 0 Å². The number of nitro benzene ring substituents is 1. The van der Waals surface area contributed by atoms with Gasteiger partial charge in [-0.05, 0) is 25.0 Å². The van der Waals surface area contributed by atoms with Crippen LogP contribution in [0.4, 0.5) is 5.69 Å². The van der Waals surface area contributed by atoms with Gasteiger partial charge in [0.2, 0.25) is 0 Å². The zero-order valence-corrected chi connectivity index (χ0v) is 9.89. The lowest BCUT2D eigenvalue weighted by molar-refractivity contribution is -0.384. The smallest absolute Gasteiger partial charge is 0.269 e. The van der Waals surface area contributed by atoms with E-state index < -0.39 is 4.92 Å². The number of amidine groups is 1. The highest BCUT2D eigenvalue weighted by Gasteiger charge is 2.43. The van der Waals surface area contributed by atoms with Gasteiger partial charge in [-0.1, -0.05) is 0 Å². The predicted octanol–water partition coefficient (Wildman–Crippen LogP) is 2.08. The lowest BCUT2D eigenvalue weighted by Crippen LogP contribution is -2.21. The molecule has 6 nitrogen and oxygen atoms in total. The van der Waals surface area contributed by atoms with Crippen LogP contribution in [0.15, 0.2) is 24.3 Å². The topological polar surface area (TPSA) is 102 Å². The van der Waals surface area contributed by atoms with Gasteiger partial charge in [-0.2, -0.15) is 0 Å². The minimum atomic E-state index is -0.443. The van der Waals surface area contributed by atoms with Crippen molar-refractivity contribution in [1.29, 1.82) is 5.41 Å². The van der Waals surface area contributed by atoms with Crippen molar-refractivity contribution in [3.63, 3.8) is 0 Å². The van der Waals surface area contributed by atoms with Gasteiger partial charge in [-0.3, -0.25) is 15.5 Å². The Kier molecular flexibility index (Phi) is 3.18. The van der Waals surface area contributed by atoms with E-state index in [4.69, 9.17) is 15.9 Å². The standard InChI is InChI=1S/C12H15N3O3/c13-11(14)7-12(5-6-12)8-18-10-3-1-9(2-4-10)15(16)17/h1-4H,5-8H2,(H3,13,14). The molecule has 0 aliphatic heterocycles. The number of nitrogens with two attached hydrogens (primary N) is 1. The molecule has 0 atom stereocenters. The first-order chi connectivity index (χ1) is 8.51. The van der Waals surface area contributed by atoms with Crippen molar-refractivity contribution in [3.05, 3.63) is 34.4 Å². The van der Waals surface area contributed by atoms with Crippen LogP contribution < -0.4 is 10.5 Å². The maximum atomic E-state index is 10.5. The van der Waals surface area contributed by atoms with Crippen LogP contribution >= 0.6 is 0 Å². The van der Waals surface area contributed by atoms with Gasteiger partial charge in [0.1, 0.15) is 5.75 Å². The summed E-state index contributed by atoms with van der Waals surface area (Å²) < 4.78 is 5.59. The van der Waals surface area contributed by atoms with Crippen LogP contribution in [0, 0.1) is 20.9 Å². The first-order valence-corrected chi connectivity index (χ1v) is 5.71. The highest BCUT2D eigenvalue weighted by Crippen LogP contribution is 2.48. The first kappa shape index (κ1) is 12.3. The zero-order valence-electron chi connectivity index (χ0n) is 9.89. The Labute approximate surface area is 104 Å². The molecule has 1 aromatic carbocycles. The summed E-state index contributed by atoms with van der Waals surface area (Å²) in [5, 5.41) is 17.8. The van der Waals surface area contributed by atoms with Crippen LogP contribution in [-0.2, 0) is 0 Å². The monoisotopic (exact) mass is 249 g/mol. The van der Waals surface area contributed by atoms with Crippen molar-refractivity contribution < 1.29 is 9.66 Å². The molecule has 96 valence electrons. The molecule has 1 aromatic rings. The molecular weight excluding hydrogens is 234 g/mol. The van der Waals surface area contributed by atoms with Crippen molar-refractivity contribution >= 4 is 11.5 Å². The molecule has 0 aromatic heterocycles. The molecule has 3 N–H and O–H groups in total. The van der Waals surface area contributed by atoms with Crippen LogP contribution in [0.3, 0.4) is 0 Å². The third kappa shape index (κ3) is 2.97. The van der Waals surface area contributed by atoms with Gasteiger partial charge < -0.3 is 10.5 Å². The van der Waals surface area contributed by atoms with E-state index in [1.54, 1.807) is 12.1 Å². The Bertz CT molecular complexity index is 466. The molecule has 0 amide bonds. The quantitative estimate of drug-likeness (QED) is 0.348. The van der Waals surface area contributed by atoms with E-state index in [0.717, 1.165) is 12.8 Å². The molecule has 2 rings (SSSR count). The molecule has 1 saturated carbocycles. The maximum Gasteiger partial charge on any atom is 0.269 e. The average Bonchev–Trinajstić information content (AvgIpc) is 3.06. The van der Waals surface area contributed by atoms with E-state index in [-0.39, 0.29) is 16.9 Å². The lowest BCUT2D eigenvalue weighted by Gasteiger charge is -2.15. The van der Waals surface area contributed by atoms with Gasteiger partial charge >= 0.3 is 0 Å². The summed E-state index contributed by atoms with van der Waals surface area (Å²) in [6, 6.07) is 6.00. The summed E-state index contributed by atoms with van der Waals surface area (Å²) in [7, 11) is 0. The third-order valence-electron chi connectivity index (χ3n) is 3.12. The summed E-state index contributed by atoms with van der Waals surface area (Å²) >= 11 is 0. The van der Waals surface area contributed by atoms with E-state index in [1.165, 1.54) is 12.1 Å². The summed E-state index contributed by atoms with van der Waals surface area (Å²) in [5.41, 5.74) is 5.45. The number of benzene rings is 1. The van der Waals surface area contributed by atoms with E-state index in [9.17, 15) is 10.1 Å². The molecule has 1 fully saturated rings. The minimum absolute atomic E-state index is 0.00755. The van der Waals surface area contributed by atoms with Gasteiger partial charge in [-0.25, -0.2) is 0 Å². The fraction of sp³-hybridized carbons (Fsp3) is 0.417. The van der Waals surface area contributed by atoms with Gasteiger partial charge in [-0.15, -0.1) is 0 Å². The molecule has 18 heavy (non-hydrogen) atoms. The Morgan fingerprint density at radius 2 is 2.06 bits per heavy atom. The minimum Gasteiger partial charge on any atom is -0.493 e. The van der Waals surface area contributed by atoms with E-state index in [2.05, 4.69) is 0 Å². The number of nitro groups is 1. The van der Waals surface area contributed by atoms with E-state index >= 15 is 0 Å². The largest absolute Gasteiger partial charge is 0.493 e. The maximum absolute atomic E-state index is 10.5. The molecule has 0 unspecified atom stereocenters. The van der Waals surface area contributed by atoms with Gasteiger partial charge in [0.05, 0.1) is 17.4 Å². The molecule has 0 saturated heterocycles. The predicted molar refractivity (Wildman–Crippen MR) is 66.8 cm³/mol. The van der Waals surface area contributed by atoms with Crippen LogP contribution in [0.2, 0.25) is 0 Å². The highest BCUT2D eigenvalue weighted by molar-refractivity contribution is 5.78. The van der Waals surface area contributed by atoms with E-state index in [1.807, 2.05) is 0 Å². The summed E-state index contributed by atoms with van der Waals surface area (Å²) in [6.07, 6.45) is 2.58. The SMILES string of the molecule is N=C(N)CC1(COc2ccc([N+](=O)[O-])cc2)CC1. The van der Waals surface area contributed by atoms with Gasteiger partial charge in [0, 0.05) is 24.0 Å². The number of non-ortho nitro benzene ring substituents is 1. The van der Waals surface area contributed by atoms with Crippen molar-refractivity contribution in [2.45, 2.75) is 19.3 Å². The van der Waals surface area contributed by atoms with Crippen molar-refractivity contribution in [1.82, 2.24) is 0 Å². The Hall–Kier alpha value is -2.11. The third-order valence-corrected chi connectivity index (χ3v) is 3.12. The summed E-state index contributed by atoms with van der Waals surface area (Å²) in [5.74, 6) is 0.787. The van der Waals surface area contributed by atoms with Crippen molar-refractivity contribution in [3.8, 4) is 5.75 Å². The molecule has 1 aliphatic carbocycles. The highest BCUT2D eigenvalue weighted by atomic mass is 16.6. The zero-order chi connectivity index (χ0) is 13.2. The van der Waals surface area contributed by atoms with Gasteiger partial charge in [0.15, 0.2) is 0 Å².